The largest absolute Gasteiger partial charge is 0.399 e. The highest BCUT2D eigenvalue weighted by Gasteiger charge is 2.08. The lowest BCUT2D eigenvalue weighted by Gasteiger charge is -2.07. The fourth-order valence-electron chi connectivity index (χ4n) is 1.72. The summed E-state index contributed by atoms with van der Waals surface area (Å²) in [6.07, 6.45) is 0. The van der Waals surface area contributed by atoms with Gasteiger partial charge in [0.2, 0.25) is 0 Å². The van der Waals surface area contributed by atoms with Gasteiger partial charge in [0.05, 0.1) is 0 Å². The Hall–Kier alpha value is -2.04. The number of nitrogens with two attached hydrogens (primary N) is 2. The zero-order chi connectivity index (χ0) is 13.8. The number of rotatable bonds is 3. The molecule has 0 aromatic heterocycles. The summed E-state index contributed by atoms with van der Waals surface area (Å²) in [5.74, 6) is -0.261. The summed E-state index contributed by atoms with van der Waals surface area (Å²) in [6.45, 7) is 0.424. The molecule has 0 aliphatic heterocycles. The highest BCUT2D eigenvalue weighted by molar-refractivity contribution is 6.31. The van der Waals surface area contributed by atoms with E-state index in [9.17, 15) is 4.79 Å². The first-order valence-electron chi connectivity index (χ1n) is 5.75. The zero-order valence-electron chi connectivity index (χ0n) is 10.2. The molecule has 0 aliphatic rings. The second kappa shape index (κ2) is 5.73. The van der Waals surface area contributed by atoms with Gasteiger partial charge in [-0.15, -0.1) is 0 Å². The van der Waals surface area contributed by atoms with Crippen molar-refractivity contribution in [2.45, 2.75) is 6.54 Å². The molecule has 0 heterocycles. The topological polar surface area (TPSA) is 81.1 Å². The van der Waals surface area contributed by atoms with Crippen LogP contribution in [-0.4, -0.2) is 5.91 Å². The number of benzene rings is 2. The van der Waals surface area contributed by atoms with Crippen LogP contribution >= 0.6 is 11.6 Å². The van der Waals surface area contributed by atoms with Crippen LogP contribution in [0.1, 0.15) is 15.9 Å². The van der Waals surface area contributed by atoms with Crippen molar-refractivity contribution in [3.8, 4) is 0 Å². The number of anilines is 2. The molecule has 0 saturated carbocycles. The highest BCUT2D eigenvalue weighted by atomic mass is 35.5. The van der Waals surface area contributed by atoms with Gasteiger partial charge in [0.25, 0.3) is 5.91 Å². The van der Waals surface area contributed by atoms with Crippen molar-refractivity contribution >= 4 is 28.9 Å². The van der Waals surface area contributed by atoms with Crippen LogP contribution < -0.4 is 16.8 Å². The summed E-state index contributed by atoms with van der Waals surface area (Å²) in [5, 5.41) is 3.21. The Morgan fingerprint density at radius 2 is 2.00 bits per heavy atom. The Balaban J connectivity index is 2.20. The van der Waals surface area contributed by atoms with E-state index in [1.165, 1.54) is 0 Å². The molecule has 0 spiro atoms. The molecule has 19 heavy (non-hydrogen) atoms. The molecule has 5 heteroatoms. The number of carbonyl (C=O) groups excluding carboxylic acids is 1. The van der Waals surface area contributed by atoms with Crippen molar-refractivity contribution in [2.24, 2.45) is 5.73 Å². The van der Waals surface area contributed by atoms with Gasteiger partial charge in [-0.3, -0.25) is 4.79 Å². The monoisotopic (exact) mass is 275 g/mol. The molecule has 4 nitrogen and oxygen atoms in total. The number of hydrogen-bond acceptors (Lipinski definition) is 3. The normalized spacial score (nSPS) is 10.2. The van der Waals surface area contributed by atoms with Crippen LogP contribution in [0, 0.1) is 0 Å². The molecule has 0 bridgehead atoms. The van der Waals surface area contributed by atoms with Gasteiger partial charge in [-0.2, -0.15) is 0 Å². The molecule has 0 atom stereocenters. The number of carbonyl (C=O) groups is 1. The number of nitrogen functional groups attached to an aromatic ring is 1. The molecule has 2 aromatic rings. The van der Waals surface area contributed by atoms with E-state index in [4.69, 9.17) is 23.1 Å². The molecule has 2 aromatic carbocycles. The van der Waals surface area contributed by atoms with Crippen LogP contribution in [0.3, 0.4) is 0 Å². The van der Waals surface area contributed by atoms with E-state index in [0.29, 0.717) is 28.5 Å². The Labute approximate surface area is 116 Å². The van der Waals surface area contributed by atoms with Gasteiger partial charge in [-0.05, 0) is 35.9 Å². The maximum absolute atomic E-state index is 12.1. The minimum atomic E-state index is -0.261. The van der Waals surface area contributed by atoms with Gasteiger partial charge in [0.1, 0.15) is 0 Å². The highest BCUT2D eigenvalue weighted by Crippen LogP contribution is 2.18. The van der Waals surface area contributed by atoms with E-state index < -0.39 is 0 Å². The van der Waals surface area contributed by atoms with Gasteiger partial charge >= 0.3 is 0 Å². The van der Waals surface area contributed by atoms with Crippen molar-refractivity contribution in [1.82, 2.24) is 0 Å². The molecule has 5 N–H and O–H groups in total. The number of hydrogen-bond donors (Lipinski definition) is 3. The number of amides is 1. The molecule has 0 aliphatic carbocycles. The summed E-state index contributed by atoms with van der Waals surface area (Å²) in [5.41, 5.74) is 13.7. The molecular weight excluding hydrogens is 262 g/mol. The van der Waals surface area contributed by atoms with Crippen LogP contribution in [0.2, 0.25) is 5.02 Å². The third kappa shape index (κ3) is 3.47. The third-order valence-electron chi connectivity index (χ3n) is 2.60. The molecule has 0 fully saturated rings. The number of halogens is 1. The van der Waals surface area contributed by atoms with E-state index in [-0.39, 0.29) is 5.91 Å². The van der Waals surface area contributed by atoms with E-state index in [1.807, 2.05) is 18.2 Å². The Morgan fingerprint density at radius 3 is 2.68 bits per heavy atom. The van der Waals surface area contributed by atoms with Crippen LogP contribution in [0.25, 0.3) is 0 Å². The Morgan fingerprint density at radius 1 is 1.21 bits per heavy atom. The number of nitrogens with one attached hydrogen (secondary N) is 1. The van der Waals surface area contributed by atoms with E-state index >= 15 is 0 Å². The minimum absolute atomic E-state index is 0.261. The summed E-state index contributed by atoms with van der Waals surface area (Å²) in [7, 11) is 0. The fraction of sp³-hybridized carbons (Fsp3) is 0.0714. The first kappa shape index (κ1) is 13.4. The summed E-state index contributed by atoms with van der Waals surface area (Å²) in [4.78, 5) is 12.1. The third-order valence-corrected chi connectivity index (χ3v) is 2.82. The molecule has 1 amide bonds. The van der Waals surface area contributed by atoms with Gasteiger partial charge in [0, 0.05) is 28.5 Å². The second-order valence-corrected chi connectivity index (χ2v) is 4.57. The van der Waals surface area contributed by atoms with Crippen LogP contribution in [0.5, 0.6) is 0 Å². The van der Waals surface area contributed by atoms with Crippen molar-refractivity contribution < 1.29 is 4.79 Å². The standard InChI is InChI=1S/C14H14ClN3O/c15-11-5-10(6-12(17)7-11)14(19)18-13-3-1-2-9(4-13)8-16/h1-7H,8,16-17H2,(H,18,19). The maximum atomic E-state index is 12.1. The van der Waals surface area contributed by atoms with E-state index in [1.54, 1.807) is 24.3 Å². The van der Waals surface area contributed by atoms with Gasteiger partial charge in [-0.25, -0.2) is 0 Å². The maximum Gasteiger partial charge on any atom is 0.255 e. The molecule has 2 rings (SSSR count). The summed E-state index contributed by atoms with van der Waals surface area (Å²) < 4.78 is 0. The zero-order valence-corrected chi connectivity index (χ0v) is 10.9. The molecule has 0 unspecified atom stereocenters. The molecule has 0 saturated heterocycles. The average molecular weight is 276 g/mol. The molecular formula is C14H14ClN3O. The van der Waals surface area contributed by atoms with Crippen LogP contribution in [0.15, 0.2) is 42.5 Å². The lowest BCUT2D eigenvalue weighted by Crippen LogP contribution is -2.12. The SMILES string of the molecule is NCc1cccc(NC(=O)c2cc(N)cc(Cl)c2)c1. The van der Waals surface area contributed by atoms with Gasteiger partial charge in [0.15, 0.2) is 0 Å². The van der Waals surface area contributed by atoms with E-state index in [0.717, 1.165) is 5.56 Å². The van der Waals surface area contributed by atoms with Gasteiger partial charge < -0.3 is 16.8 Å². The fourth-order valence-corrected chi connectivity index (χ4v) is 1.97. The molecule has 98 valence electrons. The summed E-state index contributed by atoms with van der Waals surface area (Å²) >= 11 is 5.87. The van der Waals surface area contributed by atoms with Crippen molar-refractivity contribution in [2.75, 3.05) is 11.1 Å². The smallest absolute Gasteiger partial charge is 0.255 e. The molecule has 0 radical (unpaired) electrons. The van der Waals surface area contributed by atoms with Crippen molar-refractivity contribution in [3.05, 3.63) is 58.6 Å². The predicted molar refractivity (Wildman–Crippen MR) is 78.2 cm³/mol. The lowest BCUT2D eigenvalue weighted by atomic mass is 10.1. The van der Waals surface area contributed by atoms with Crippen LogP contribution in [-0.2, 0) is 6.54 Å². The minimum Gasteiger partial charge on any atom is -0.399 e. The van der Waals surface area contributed by atoms with Crippen molar-refractivity contribution in [3.63, 3.8) is 0 Å². The van der Waals surface area contributed by atoms with Crippen LogP contribution in [0.4, 0.5) is 11.4 Å². The quantitative estimate of drug-likeness (QED) is 0.753. The average Bonchev–Trinajstić information content (AvgIpc) is 2.37. The van der Waals surface area contributed by atoms with Gasteiger partial charge in [-0.1, -0.05) is 23.7 Å². The Kier molecular flexibility index (Phi) is 4.04. The first-order valence-corrected chi connectivity index (χ1v) is 6.12. The lowest BCUT2D eigenvalue weighted by molar-refractivity contribution is 0.102. The van der Waals surface area contributed by atoms with Crippen molar-refractivity contribution in [1.29, 1.82) is 0 Å². The van der Waals surface area contributed by atoms with E-state index in [2.05, 4.69) is 5.32 Å². The Bertz CT molecular complexity index is 593. The first-order chi connectivity index (χ1) is 9.08. The summed E-state index contributed by atoms with van der Waals surface area (Å²) in [6, 6.07) is 12.1. The second-order valence-electron chi connectivity index (χ2n) is 4.13. The predicted octanol–water partition coefficient (Wildman–Crippen LogP) is 2.63.